The molecule has 0 aliphatic carbocycles. The number of benzene rings is 1. The number of halogens is 1. The van der Waals surface area contributed by atoms with Crippen LogP contribution in [0.5, 0.6) is 0 Å². The molecule has 0 aliphatic heterocycles. The fraction of sp³-hybridized carbons (Fsp3) is 0. The largest absolute Gasteiger partial charge is 1.00 e. The van der Waals surface area contributed by atoms with E-state index in [0.29, 0.717) is 0 Å². The lowest BCUT2D eigenvalue weighted by atomic mass is 10.2. The summed E-state index contributed by atoms with van der Waals surface area (Å²) >= 11 is 0. The molecule has 1 aromatic heterocycles. The zero-order valence-corrected chi connectivity index (χ0v) is 6.62. The van der Waals surface area contributed by atoms with E-state index < -0.39 is 0 Å². The number of pyridine rings is 1. The van der Waals surface area contributed by atoms with E-state index >= 15 is 0 Å². The average molecular weight is 165 g/mol. The van der Waals surface area contributed by atoms with Gasteiger partial charge in [0.15, 0.2) is 0 Å². The van der Waals surface area contributed by atoms with Crippen molar-refractivity contribution in [1.29, 1.82) is 0 Å². The minimum absolute atomic E-state index is 0. The summed E-state index contributed by atoms with van der Waals surface area (Å²) in [5.41, 5.74) is 0. The number of nitrogens with zero attached hydrogens (tertiary/aromatic N) is 1. The molecule has 56 valence electrons. The normalized spacial score (nSPS) is 9.09. The molecule has 0 atom stereocenters. The van der Waals surface area contributed by atoms with Crippen LogP contribution >= 0.6 is 0 Å². The Labute approximate surface area is 71.5 Å². The van der Waals surface area contributed by atoms with Crippen LogP contribution in [0, 0.1) is 0 Å². The molecule has 2 rings (SSSR count). The summed E-state index contributed by atoms with van der Waals surface area (Å²) < 4.78 is 0. The zero-order chi connectivity index (χ0) is 6.81. The lowest BCUT2D eigenvalue weighted by molar-refractivity contribution is -0.00000199. The molecule has 0 bridgehead atoms. The Morgan fingerprint density at radius 2 is 1.64 bits per heavy atom. The molecule has 0 saturated carbocycles. The highest BCUT2D eigenvalue weighted by Gasteiger charge is 1.86. The Morgan fingerprint density at radius 3 is 2.36 bits per heavy atom. The van der Waals surface area contributed by atoms with E-state index in [0.717, 1.165) is 0 Å². The molecule has 0 spiro atoms. The van der Waals surface area contributed by atoms with Gasteiger partial charge in [-0.05, 0) is 16.8 Å². The Kier molecular flexibility index (Phi) is 2.44. The van der Waals surface area contributed by atoms with Crippen LogP contribution in [0.25, 0.3) is 10.8 Å². The summed E-state index contributed by atoms with van der Waals surface area (Å²) in [4.78, 5) is 4.01. The summed E-state index contributed by atoms with van der Waals surface area (Å²) in [5, 5.41) is 2.45. The summed E-state index contributed by atoms with van der Waals surface area (Å²) in [6.45, 7) is 0. The van der Waals surface area contributed by atoms with E-state index in [-0.39, 0.29) is 12.4 Å². The van der Waals surface area contributed by atoms with Crippen LogP contribution in [0.1, 0.15) is 0 Å². The van der Waals surface area contributed by atoms with Gasteiger partial charge in [0, 0.05) is 12.4 Å². The Hall–Kier alpha value is -1.08. The quantitative estimate of drug-likeness (QED) is 0.499. The molecule has 2 aromatic rings. The second-order valence-electron chi connectivity index (χ2n) is 2.22. The van der Waals surface area contributed by atoms with Gasteiger partial charge in [-0.25, -0.2) is 0 Å². The Morgan fingerprint density at radius 1 is 0.909 bits per heavy atom. The number of hydrogen-bond acceptors (Lipinski definition) is 1. The Bertz CT molecular complexity index is 281. The molecule has 0 radical (unpaired) electrons. The molecule has 1 nitrogen and oxygen atoms in total. The maximum atomic E-state index is 4.01. The number of fused-ring (bicyclic) bond motifs is 1. The highest BCUT2D eigenvalue weighted by Crippen LogP contribution is 2.09. The fourth-order valence-corrected chi connectivity index (χ4v) is 1.03. The van der Waals surface area contributed by atoms with E-state index in [4.69, 9.17) is 0 Å². The molecule has 0 N–H and O–H groups in total. The fourth-order valence-electron chi connectivity index (χ4n) is 1.03. The van der Waals surface area contributed by atoms with Gasteiger partial charge in [-0.15, -0.1) is 0 Å². The van der Waals surface area contributed by atoms with Crippen LogP contribution in [0.15, 0.2) is 42.7 Å². The van der Waals surface area contributed by atoms with Crippen LogP contribution in [0.3, 0.4) is 0 Å². The van der Waals surface area contributed by atoms with Gasteiger partial charge >= 0.3 is 0 Å². The predicted octanol–water partition coefficient (Wildman–Crippen LogP) is -0.761. The molecule has 2 heteroatoms. The van der Waals surface area contributed by atoms with E-state index in [1.54, 1.807) is 0 Å². The van der Waals surface area contributed by atoms with E-state index in [1.165, 1.54) is 10.8 Å². The maximum Gasteiger partial charge on any atom is 0.0346 e. The van der Waals surface area contributed by atoms with Crippen molar-refractivity contribution in [3.63, 3.8) is 0 Å². The standard InChI is InChI=1S/C9H7N.ClH/c1-2-4-9-7-10-6-5-8(9)3-1;/h1-7H;1H/p-1. The van der Waals surface area contributed by atoms with Gasteiger partial charge in [0.05, 0.1) is 0 Å². The van der Waals surface area contributed by atoms with Crippen LogP contribution in [0.2, 0.25) is 0 Å². The van der Waals surface area contributed by atoms with E-state index in [1.807, 2.05) is 30.6 Å². The van der Waals surface area contributed by atoms with Gasteiger partial charge in [0.2, 0.25) is 0 Å². The zero-order valence-electron chi connectivity index (χ0n) is 5.87. The summed E-state index contributed by atoms with van der Waals surface area (Å²) in [7, 11) is 0. The average Bonchev–Trinajstić information content (AvgIpc) is 2.05. The lowest BCUT2D eigenvalue weighted by Gasteiger charge is -1.91. The van der Waals surface area contributed by atoms with Crippen LogP contribution < -0.4 is 12.4 Å². The highest BCUT2D eigenvalue weighted by molar-refractivity contribution is 5.80. The van der Waals surface area contributed by atoms with Crippen LogP contribution in [-0.2, 0) is 0 Å². The topological polar surface area (TPSA) is 12.9 Å². The summed E-state index contributed by atoms with van der Waals surface area (Å²) in [5.74, 6) is 0. The molecule has 1 heterocycles. The number of hydrogen-bond donors (Lipinski definition) is 0. The third-order valence-corrected chi connectivity index (χ3v) is 1.55. The molecule has 0 aliphatic rings. The predicted molar refractivity (Wildman–Crippen MR) is 41.7 cm³/mol. The SMILES string of the molecule is [Cl-].c1ccc2cnccc2c1. The van der Waals surface area contributed by atoms with Crippen molar-refractivity contribution in [2.75, 3.05) is 0 Å². The van der Waals surface area contributed by atoms with Crippen molar-refractivity contribution in [1.82, 2.24) is 4.98 Å². The van der Waals surface area contributed by atoms with Gasteiger partial charge in [-0.1, -0.05) is 24.3 Å². The van der Waals surface area contributed by atoms with E-state index in [2.05, 4.69) is 17.1 Å². The van der Waals surface area contributed by atoms with Crippen molar-refractivity contribution in [2.24, 2.45) is 0 Å². The van der Waals surface area contributed by atoms with Crippen molar-refractivity contribution in [3.05, 3.63) is 42.7 Å². The monoisotopic (exact) mass is 164 g/mol. The van der Waals surface area contributed by atoms with Gasteiger partial charge < -0.3 is 12.4 Å². The van der Waals surface area contributed by atoms with E-state index in [9.17, 15) is 0 Å². The smallest absolute Gasteiger partial charge is 0.0346 e. The molecule has 0 saturated heterocycles. The first-order valence-corrected chi connectivity index (χ1v) is 3.25. The Balaban J connectivity index is 0.000000605. The molecule has 1 aromatic carbocycles. The maximum absolute atomic E-state index is 4.01. The first kappa shape index (κ1) is 8.02. The summed E-state index contributed by atoms with van der Waals surface area (Å²) in [6.07, 6.45) is 3.68. The minimum Gasteiger partial charge on any atom is -1.00 e. The molecule has 11 heavy (non-hydrogen) atoms. The van der Waals surface area contributed by atoms with Gasteiger partial charge in [-0.2, -0.15) is 0 Å². The second-order valence-corrected chi connectivity index (χ2v) is 2.22. The number of aromatic nitrogens is 1. The van der Waals surface area contributed by atoms with Crippen molar-refractivity contribution in [2.45, 2.75) is 0 Å². The lowest BCUT2D eigenvalue weighted by Crippen LogP contribution is -3.00. The van der Waals surface area contributed by atoms with Crippen molar-refractivity contribution < 1.29 is 12.4 Å². The first-order chi connectivity index (χ1) is 4.97. The molecule has 0 unspecified atom stereocenters. The first-order valence-electron chi connectivity index (χ1n) is 3.25. The molecule has 0 fully saturated rings. The number of rotatable bonds is 0. The van der Waals surface area contributed by atoms with Crippen LogP contribution in [-0.4, -0.2) is 4.98 Å². The molecule has 0 amide bonds. The second kappa shape index (κ2) is 3.35. The molecular formula is C9H7ClN-. The van der Waals surface area contributed by atoms with Gasteiger partial charge in [0.1, 0.15) is 0 Å². The molecular weight excluding hydrogens is 158 g/mol. The van der Waals surface area contributed by atoms with Crippen LogP contribution in [0.4, 0.5) is 0 Å². The highest BCUT2D eigenvalue weighted by atomic mass is 35.5. The third kappa shape index (κ3) is 1.49. The van der Waals surface area contributed by atoms with Gasteiger partial charge in [-0.3, -0.25) is 4.98 Å². The minimum atomic E-state index is 0. The summed E-state index contributed by atoms with van der Waals surface area (Å²) in [6, 6.07) is 10.2. The van der Waals surface area contributed by atoms with Gasteiger partial charge in [0.25, 0.3) is 0 Å². The van der Waals surface area contributed by atoms with Crippen molar-refractivity contribution >= 4 is 10.8 Å². The third-order valence-electron chi connectivity index (χ3n) is 1.55. The van der Waals surface area contributed by atoms with Crippen molar-refractivity contribution in [3.8, 4) is 0 Å².